The molecule has 32 heavy (non-hydrogen) atoms. The van der Waals surface area contributed by atoms with Gasteiger partial charge in [-0.2, -0.15) is 0 Å². The van der Waals surface area contributed by atoms with Gasteiger partial charge in [0.2, 0.25) is 5.16 Å². The van der Waals surface area contributed by atoms with Crippen molar-refractivity contribution in [3.05, 3.63) is 22.3 Å². The van der Waals surface area contributed by atoms with Crippen molar-refractivity contribution in [3.8, 4) is 0 Å². The number of carboxylic acid groups (broad SMARTS) is 1. The van der Waals surface area contributed by atoms with Crippen LogP contribution in [-0.4, -0.2) is 75.9 Å². The smallest absolute Gasteiger partial charge is 0.543 e. The van der Waals surface area contributed by atoms with Gasteiger partial charge in [-0.05, 0) is 16.0 Å². The van der Waals surface area contributed by atoms with Crippen molar-refractivity contribution >= 4 is 57.8 Å². The number of anilines is 1. The van der Waals surface area contributed by atoms with Gasteiger partial charge in [0.15, 0.2) is 11.2 Å². The second-order valence-electron chi connectivity index (χ2n) is 6.52. The van der Waals surface area contributed by atoms with Gasteiger partial charge in [0.05, 0.1) is 17.4 Å². The number of amides is 2. The molecule has 2 amide bonds. The number of carbonyl (C=O) groups is 3. The number of aliphatic hydroxyl groups is 1. The van der Waals surface area contributed by atoms with E-state index in [0.717, 1.165) is 16.2 Å². The van der Waals surface area contributed by atoms with Crippen LogP contribution in [-0.2, 0) is 21.4 Å². The van der Waals surface area contributed by atoms with Gasteiger partial charge in [0, 0.05) is 23.9 Å². The molecule has 4 N–H and O–H groups in total. The number of rotatable bonds is 7. The molecule has 0 bridgehead atoms. The maximum absolute atomic E-state index is 12.7. The minimum absolute atomic E-state index is 0. The zero-order chi connectivity index (χ0) is 22.3. The Labute approximate surface area is 215 Å². The Bertz CT molecular complexity index is 1090. The Morgan fingerprint density at radius 1 is 1.50 bits per heavy atom. The minimum Gasteiger partial charge on any atom is -0.543 e. The van der Waals surface area contributed by atoms with Gasteiger partial charge in [-0.15, -0.1) is 28.2 Å². The normalized spacial score (nSPS) is 20.8. The summed E-state index contributed by atoms with van der Waals surface area (Å²) in [5, 5.41) is 36.9. The summed E-state index contributed by atoms with van der Waals surface area (Å²) in [7, 11) is 1.66. The summed E-state index contributed by atoms with van der Waals surface area (Å²) in [4.78, 5) is 41.7. The van der Waals surface area contributed by atoms with Gasteiger partial charge in [0.25, 0.3) is 11.8 Å². The van der Waals surface area contributed by atoms with E-state index in [4.69, 9.17) is 5.73 Å². The summed E-state index contributed by atoms with van der Waals surface area (Å²) in [6.45, 7) is 0. The fourth-order valence-corrected chi connectivity index (χ4v) is 5.99. The largest absolute Gasteiger partial charge is 1.00 e. The average molecular weight is 507 g/mol. The summed E-state index contributed by atoms with van der Waals surface area (Å²) in [6, 6.07) is -0.977. The molecule has 2 aromatic heterocycles. The number of fused-ring (bicyclic) bond motifs is 1. The average Bonchev–Trinajstić information content (AvgIpc) is 3.36. The molecule has 0 saturated carbocycles. The van der Waals surface area contributed by atoms with Crippen molar-refractivity contribution in [2.75, 3.05) is 17.2 Å². The zero-order valence-electron chi connectivity index (χ0n) is 16.8. The molecule has 4 heterocycles. The number of aromatic nitrogens is 5. The van der Waals surface area contributed by atoms with Crippen LogP contribution in [0.3, 0.4) is 0 Å². The minimum atomic E-state index is -1.59. The molecule has 0 aliphatic carbocycles. The number of carbonyl (C=O) groups excluding carboxylic acids is 3. The molecular formula is C15H15N8NaO5S3. The number of aliphatic hydroxyl groups excluding tert-OH is 1. The van der Waals surface area contributed by atoms with Crippen molar-refractivity contribution in [1.82, 2.24) is 35.4 Å². The van der Waals surface area contributed by atoms with Crippen LogP contribution in [0.25, 0.3) is 0 Å². The molecule has 2 aliphatic heterocycles. The number of β-lactam (4-membered cyclic amide) rings is 1. The van der Waals surface area contributed by atoms with Crippen LogP contribution in [0.5, 0.6) is 0 Å². The Morgan fingerprint density at radius 2 is 2.25 bits per heavy atom. The summed E-state index contributed by atoms with van der Waals surface area (Å²) in [5.74, 6) is -2.33. The molecule has 1 unspecified atom stereocenters. The van der Waals surface area contributed by atoms with E-state index in [9.17, 15) is 24.6 Å². The number of aliphatic carboxylic acids is 1. The molecular weight excluding hydrogens is 491 g/mol. The van der Waals surface area contributed by atoms with Gasteiger partial charge in [-0.1, -0.05) is 11.8 Å². The number of hydrogen-bond acceptors (Lipinski definition) is 13. The molecule has 17 heteroatoms. The van der Waals surface area contributed by atoms with Crippen LogP contribution in [0.4, 0.5) is 5.13 Å². The number of hydrogen-bond donors (Lipinski definition) is 3. The van der Waals surface area contributed by atoms with Crippen molar-refractivity contribution in [2.24, 2.45) is 7.05 Å². The van der Waals surface area contributed by atoms with Crippen molar-refractivity contribution in [3.63, 3.8) is 0 Å². The zero-order valence-corrected chi connectivity index (χ0v) is 21.2. The van der Waals surface area contributed by atoms with E-state index >= 15 is 0 Å². The van der Waals surface area contributed by atoms with Gasteiger partial charge < -0.3 is 26.1 Å². The number of nitrogens with zero attached hydrogens (tertiary/aromatic N) is 6. The van der Waals surface area contributed by atoms with E-state index in [2.05, 4.69) is 25.8 Å². The maximum atomic E-state index is 12.7. The van der Waals surface area contributed by atoms with Crippen molar-refractivity contribution in [2.45, 2.75) is 22.7 Å². The number of thioether (sulfide) groups is 2. The van der Waals surface area contributed by atoms with Crippen LogP contribution >= 0.6 is 34.9 Å². The first-order chi connectivity index (χ1) is 14.8. The van der Waals surface area contributed by atoms with E-state index in [-0.39, 0.29) is 51.8 Å². The number of carboxylic acids is 1. The van der Waals surface area contributed by atoms with E-state index in [0.29, 0.717) is 16.5 Å². The van der Waals surface area contributed by atoms with Gasteiger partial charge in [-0.25, -0.2) is 9.67 Å². The van der Waals surface area contributed by atoms with Crippen LogP contribution in [0, 0.1) is 0 Å². The van der Waals surface area contributed by atoms with Gasteiger partial charge in [0.1, 0.15) is 11.4 Å². The van der Waals surface area contributed by atoms with Crippen LogP contribution in [0.1, 0.15) is 11.8 Å². The van der Waals surface area contributed by atoms with Crippen LogP contribution < -0.4 is 45.7 Å². The third-order valence-electron chi connectivity index (χ3n) is 4.56. The molecule has 2 aliphatic rings. The van der Waals surface area contributed by atoms with Crippen molar-refractivity contribution in [1.29, 1.82) is 0 Å². The fourth-order valence-electron chi connectivity index (χ4n) is 3.07. The summed E-state index contributed by atoms with van der Waals surface area (Å²) in [5.41, 5.74) is 5.86. The topological polar surface area (TPSA) is 192 Å². The number of nitrogens with two attached hydrogens (primary N) is 1. The van der Waals surface area contributed by atoms with Crippen molar-refractivity contribution < 1.29 is 54.2 Å². The molecule has 4 rings (SSSR count). The first kappa shape index (κ1) is 24.9. The molecule has 3 atom stereocenters. The summed E-state index contributed by atoms with van der Waals surface area (Å²) in [6.07, 6.45) is -1.59. The van der Waals surface area contributed by atoms with Gasteiger partial charge >= 0.3 is 29.6 Å². The molecule has 1 saturated heterocycles. The van der Waals surface area contributed by atoms with Crippen LogP contribution in [0.15, 0.2) is 21.8 Å². The molecule has 164 valence electrons. The Kier molecular flexibility index (Phi) is 7.85. The molecule has 0 aromatic carbocycles. The first-order valence-electron chi connectivity index (χ1n) is 8.70. The molecule has 13 nitrogen and oxygen atoms in total. The monoisotopic (exact) mass is 506 g/mol. The second-order valence-corrected chi connectivity index (χ2v) is 9.46. The maximum Gasteiger partial charge on any atom is 1.00 e. The number of thiazole rings is 1. The third-order valence-corrected chi connectivity index (χ3v) is 7.69. The summed E-state index contributed by atoms with van der Waals surface area (Å²) >= 11 is 3.60. The predicted molar refractivity (Wildman–Crippen MR) is 108 cm³/mol. The molecule has 1 fully saturated rings. The first-order valence-corrected chi connectivity index (χ1v) is 11.6. The summed E-state index contributed by atoms with van der Waals surface area (Å²) < 4.78 is 1.45. The van der Waals surface area contributed by atoms with E-state index in [1.54, 1.807) is 7.05 Å². The molecule has 0 radical (unpaired) electrons. The number of nitrogen functional groups attached to an aromatic ring is 1. The molecule has 2 aromatic rings. The van der Waals surface area contributed by atoms with E-state index < -0.39 is 35.3 Å². The quantitative estimate of drug-likeness (QED) is 0.184. The number of tetrazole rings is 1. The second kappa shape index (κ2) is 10.1. The number of aryl methyl sites for hydroxylation is 1. The predicted octanol–water partition coefficient (Wildman–Crippen LogP) is -5.52. The fraction of sp³-hybridized carbons (Fsp3) is 0.400. The van der Waals surface area contributed by atoms with Gasteiger partial charge in [-0.3, -0.25) is 14.5 Å². The number of nitrogens with one attached hydrogen (secondary N) is 1. The SMILES string of the molecule is Cn1nnnc1SCC1=C(C(=O)[O-])N2C(=O)[C@@H](NC(=O)C(O)c3csc(N)n3)[C@@H]2SC1.[Na+]. The Balaban J connectivity index is 0.00000289. The van der Waals surface area contributed by atoms with E-state index in [1.807, 2.05) is 0 Å². The Hall–Kier alpha value is -1.69. The van der Waals surface area contributed by atoms with E-state index in [1.165, 1.54) is 33.6 Å². The van der Waals surface area contributed by atoms with Crippen LogP contribution in [0.2, 0.25) is 0 Å². The molecule has 0 spiro atoms. The third kappa shape index (κ3) is 4.66. The Morgan fingerprint density at radius 3 is 2.84 bits per heavy atom. The standard InChI is InChI=1S/C15H16N8O5S3.Na/c1-22-15(19-20-21-22)31-3-5-2-29-12-7(11(26)23(12)8(5)13(27)28)18-10(25)9(24)6-4-30-14(16)17-6;/h4,7,9,12,24H,2-3H2,1H3,(H2,16,17)(H,18,25)(H,27,28);/q;+1/p-1/t7-,9?,12+;/m1./s1.